The van der Waals surface area contributed by atoms with E-state index < -0.39 is 6.10 Å². The molecule has 3 heteroatoms. The second-order valence-corrected chi connectivity index (χ2v) is 5.43. The van der Waals surface area contributed by atoms with Crippen molar-refractivity contribution in [3.8, 4) is 0 Å². The van der Waals surface area contributed by atoms with Crippen molar-refractivity contribution in [3.05, 3.63) is 68.8 Å². The first kappa shape index (κ1) is 13.2. The molecule has 2 aromatic carbocycles. The third-order valence-electron chi connectivity index (χ3n) is 2.77. The van der Waals surface area contributed by atoms with Gasteiger partial charge < -0.3 is 5.11 Å². The molecule has 0 aliphatic carbocycles. The molecule has 0 aliphatic rings. The Kier molecular flexibility index (Phi) is 4.14. The fourth-order valence-corrected chi connectivity index (χ4v) is 2.03. The van der Waals surface area contributed by atoms with Crippen molar-refractivity contribution in [3.63, 3.8) is 0 Å². The van der Waals surface area contributed by atoms with Gasteiger partial charge in [0.15, 0.2) is 5.78 Å². The van der Waals surface area contributed by atoms with Gasteiger partial charge in [-0.3, -0.25) is 4.79 Å². The molecule has 2 aromatic rings. The minimum Gasteiger partial charge on any atom is -0.380 e. The van der Waals surface area contributed by atoms with Crippen LogP contribution < -0.4 is 0 Å². The summed E-state index contributed by atoms with van der Waals surface area (Å²) in [5, 5.41) is 10.1. The number of benzene rings is 2. The molecule has 0 heterocycles. The Hall–Kier alpha value is -1.20. The molecule has 0 radical (unpaired) electrons. The van der Waals surface area contributed by atoms with Crippen molar-refractivity contribution < 1.29 is 9.90 Å². The van der Waals surface area contributed by atoms with Gasteiger partial charge in [0.05, 0.1) is 0 Å². The number of aliphatic hydroxyl groups is 1. The highest BCUT2D eigenvalue weighted by molar-refractivity contribution is 14.1. The molecular weight excluding hydrogens is 339 g/mol. The number of carbonyl (C=O) groups is 1. The van der Waals surface area contributed by atoms with Crippen molar-refractivity contribution in [1.29, 1.82) is 0 Å². The quantitative estimate of drug-likeness (QED) is 0.678. The van der Waals surface area contributed by atoms with E-state index in [0.717, 1.165) is 9.13 Å². The molecule has 0 fully saturated rings. The predicted octanol–water partition coefficient (Wildman–Crippen LogP) is 3.52. The van der Waals surface area contributed by atoms with Gasteiger partial charge in [0.25, 0.3) is 0 Å². The summed E-state index contributed by atoms with van der Waals surface area (Å²) < 4.78 is 1.08. The molecule has 1 atom stereocenters. The maximum absolute atomic E-state index is 12.1. The van der Waals surface area contributed by atoms with Crippen LogP contribution in [0.5, 0.6) is 0 Å². The molecule has 1 unspecified atom stereocenters. The Morgan fingerprint density at radius 1 is 1.06 bits per heavy atom. The number of aryl methyl sites for hydroxylation is 1. The van der Waals surface area contributed by atoms with E-state index in [9.17, 15) is 9.90 Å². The Morgan fingerprint density at radius 3 is 2.17 bits per heavy atom. The third-order valence-corrected chi connectivity index (χ3v) is 3.49. The molecule has 0 saturated carbocycles. The van der Waals surface area contributed by atoms with Crippen LogP contribution in [0.1, 0.15) is 27.6 Å². The molecular formula is C15H13IO2. The highest BCUT2D eigenvalue weighted by atomic mass is 127. The van der Waals surface area contributed by atoms with E-state index in [-0.39, 0.29) is 5.78 Å². The van der Waals surface area contributed by atoms with E-state index in [1.54, 1.807) is 24.3 Å². The van der Waals surface area contributed by atoms with E-state index in [1.807, 2.05) is 31.2 Å². The van der Waals surface area contributed by atoms with Crippen LogP contribution in [-0.2, 0) is 0 Å². The van der Waals surface area contributed by atoms with E-state index in [0.29, 0.717) is 11.1 Å². The lowest BCUT2D eigenvalue weighted by molar-refractivity contribution is 0.0747. The third kappa shape index (κ3) is 2.97. The average molecular weight is 352 g/mol. The number of hydrogen-bond donors (Lipinski definition) is 1. The van der Waals surface area contributed by atoms with Gasteiger partial charge in [-0.05, 0) is 47.2 Å². The number of carbonyl (C=O) groups excluding carboxylic acids is 1. The summed E-state index contributed by atoms with van der Waals surface area (Å²) in [6.07, 6.45) is -1.09. The smallest absolute Gasteiger partial charge is 0.195 e. The number of aliphatic hydroxyl groups excluding tert-OH is 1. The van der Waals surface area contributed by atoms with Gasteiger partial charge in [-0.2, -0.15) is 0 Å². The number of rotatable bonds is 3. The van der Waals surface area contributed by atoms with Gasteiger partial charge in [0.2, 0.25) is 0 Å². The normalized spacial score (nSPS) is 12.2. The van der Waals surface area contributed by atoms with Gasteiger partial charge in [-0.15, -0.1) is 0 Å². The molecule has 1 N–H and O–H groups in total. The van der Waals surface area contributed by atoms with Crippen LogP contribution in [0.2, 0.25) is 0 Å². The fraction of sp³-hybridized carbons (Fsp3) is 0.133. The lowest BCUT2D eigenvalue weighted by Gasteiger charge is -2.10. The minimum atomic E-state index is -1.09. The summed E-state index contributed by atoms with van der Waals surface area (Å²) in [4.78, 5) is 12.1. The summed E-state index contributed by atoms with van der Waals surface area (Å²) in [6.45, 7) is 1.96. The fourth-order valence-electron chi connectivity index (χ4n) is 1.67. The lowest BCUT2D eigenvalue weighted by Crippen LogP contribution is -2.12. The van der Waals surface area contributed by atoms with Gasteiger partial charge in [-0.25, -0.2) is 0 Å². The first-order valence-electron chi connectivity index (χ1n) is 5.62. The maximum atomic E-state index is 12.1. The van der Waals surface area contributed by atoms with Crippen molar-refractivity contribution in [2.75, 3.05) is 0 Å². The molecule has 0 bridgehead atoms. The zero-order valence-corrected chi connectivity index (χ0v) is 12.1. The standard InChI is InChI=1S/C15H13IO2/c1-10-2-4-11(5-3-10)14(17)15(18)12-6-8-13(16)9-7-12/h2-9,15,18H,1H3. The molecule has 92 valence electrons. The first-order chi connectivity index (χ1) is 8.58. The van der Waals surface area contributed by atoms with Crippen molar-refractivity contribution in [2.45, 2.75) is 13.0 Å². The average Bonchev–Trinajstić information content (AvgIpc) is 2.39. The van der Waals surface area contributed by atoms with Crippen LogP contribution in [-0.4, -0.2) is 10.9 Å². The highest BCUT2D eigenvalue weighted by Crippen LogP contribution is 2.19. The van der Waals surface area contributed by atoms with Crippen LogP contribution in [0.25, 0.3) is 0 Å². The van der Waals surface area contributed by atoms with Crippen molar-refractivity contribution in [2.24, 2.45) is 0 Å². The molecule has 0 aromatic heterocycles. The highest BCUT2D eigenvalue weighted by Gasteiger charge is 2.18. The van der Waals surface area contributed by atoms with Crippen molar-refractivity contribution >= 4 is 28.4 Å². The number of halogens is 1. The minimum absolute atomic E-state index is 0.267. The molecule has 18 heavy (non-hydrogen) atoms. The molecule has 0 aliphatic heterocycles. The Balaban J connectivity index is 2.23. The second-order valence-electron chi connectivity index (χ2n) is 4.18. The monoisotopic (exact) mass is 352 g/mol. The van der Waals surface area contributed by atoms with Crippen molar-refractivity contribution in [1.82, 2.24) is 0 Å². The summed E-state index contributed by atoms with van der Waals surface area (Å²) >= 11 is 2.19. The molecule has 2 nitrogen and oxygen atoms in total. The van der Waals surface area contributed by atoms with Crippen LogP contribution in [0, 0.1) is 10.5 Å². The summed E-state index contributed by atoms with van der Waals surface area (Å²) in [5.74, 6) is -0.267. The van der Waals surface area contributed by atoms with E-state index >= 15 is 0 Å². The van der Waals surface area contributed by atoms with E-state index in [1.165, 1.54) is 0 Å². The topological polar surface area (TPSA) is 37.3 Å². The Bertz CT molecular complexity index is 544. The van der Waals surface area contributed by atoms with Gasteiger partial charge >= 0.3 is 0 Å². The first-order valence-corrected chi connectivity index (χ1v) is 6.70. The van der Waals surface area contributed by atoms with E-state index in [4.69, 9.17) is 0 Å². The van der Waals surface area contributed by atoms with Gasteiger partial charge in [0, 0.05) is 9.13 Å². The maximum Gasteiger partial charge on any atom is 0.195 e. The lowest BCUT2D eigenvalue weighted by atomic mass is 9.99. The second kappa shape index (κ2) is 5.63. The summed E-state index contributed by atoms with van der Waals surface area (Å²) in [7, 11) is 0. The molecule has 0 saturated heterocycles. The molecule has 0 amide bonds. The Morgan fingerprint density at radius 2 is 1.61 bits per heavy atom. The summed E-state index contributed by atoms with van der Waals surface area (Å²) in [5.41, 5.74) is 2.25. The predicted molar refractivity (Wildman–Crippen MR) is 79.6 cm³/mol. The van der Waals surface area contributed by atoms with E-state index in [2.05, 4.69) is 22.6 Å². The number of ketones is 1. The molecule has 2 rings (SSSR count). The van der Waals surface area contributed by atoms with Crippen LogP contribution in [0.4, 0.5) is 0 Å². The SMILES string of the molecule is Cc1ccc(C(=O)C(O)c2ccc(I)cc2)cc1. The van der Waals surface area contributed by atoms with Crippen LogP contribution >= 0.6 is 22.6 Å². The van der Waals surface area contributed by atoms with Gasteiger partial charge in [-0.1, -0.05) is 42.0 Å². The van der Waals surface area contributed by atoms with Crippen LogP contribution in [0.15, 0.2) is 48.5 Å². The summed E-state index contributed by atoms with van der Waals surface area (Å²) in [6, 6.07) is 14.5. The molecule has 0 spiro atoms. The Labute approximate surface area is 120 Å². The number of hydrogen-bond acceptors (Lipinski definition) is 2. The largest absolute Gasteiger partial charge is 0.380 e. The zero-order valence-electron chi connectivity index (χ0n) is 9.93. The number of Topliss-reactive ketones (excluding diaryl/α,β-unsaturated/α-hetero) is 1. The van der Waals surface area contributed by atoms with Crippen LogP contribution in [0.3, 0.4) is 0 Å². The van der Waals surface area contributed by atoms with Gasteiger partial charge in [0.1, 0.15) is 6.10 Å². The zero-order chi connectivity index (χ0) is 13.1.